The minimum absolute atomic E-state index is 0.0746. The Morgan fingerprint density at radius 2 is 1.85 bits per heavy atom. The number of hydrogen-bond donors (Lipinski definition) is 1. The summed E-state index contributed by atoms with van der Waals surface area (Å²) in [7, 11) is 0. The van der Waals surface area contributed by atoms with Crippen molar-refractivity contribution in [1.29, 1.82) is 0 Å². The van der Waals surface area contributed by atoms with E-state index >= 15 is 0 Å². The molecule has 0 fully saturated rings. The summed E-state index contributed by atoms with van der Waals surface area (Å²) >= 11 is 5.04. The maximum atomic E-state index is 12.9. The summed E-state index contributed by atoms with van der Waals surface area (Å²) in [6, 6.07) is 17.0. The van der Waals surface area contributed by atoms with Crippen LogP contribution in [0.4, 0.5) is 11.6 Å². The molecule has 1 heterocycles. The molecule has 0 unspecified atom stereocenters. The molecular formula is C19H19BrN4O2S. The van der Waals surface area contributed by atoms with E-state index < -0.39 is 0 Å². The molecule has 1 N–H and O–H groups in total. The van der Waals surface area contributed by atoms with Crippen LogP contribution in [0.2, 0.25) is 0 Å². The van der Waals surface area contributed by atoms with E-state index in [-0.39, 0.29) is 17.9 Å². The van der Waals surface area contributed by atoms with E-state index in [2.05, 4.69) is 31.4 Å². The van der Waals surface area contributed by atoms with Gasteiger partial charge in [0.1, 0.15) is 12.4 Å². The molecule has 0 aliphatic rings. The first-order valence-corrected chi connectivity index (χ1v) is 10.4. The van der Waals surface area contributed by atoms with Gasteiger partial charge in [-0.15, -0.1) is 22.0 Å². The Kier molecular flexibility index (Phi) is 6.89. The lowest BCUT2D eigenvalue weighted by Gasteiger charge is -2.14. The van der Waals surface area contributed by atoms with Crippen molar-refractivity contribution in [2.45, 2.75) is 19.4 Å². The van der Waals surface area contributed by atoms with Gasteiger partial charge in [0.2, 0.25) is 5.95 Å². The lowest BCUT2D eigenvalue weighted by molar-refractivity contribution is 0.296. The molecule has 0 saturated carbocycles. The maximum Gasteiger partial charge on any atom is 0.281 e. The molecule has 3 aromatic rings. The highest BCUT2D eigenvalue weighted by molar-refractivity contribution is 9.10. The summed E-state index contributed by atoms with van der Waals surface area (Å²) in [5.41, 5.74) is 0.897. The second-order valence-electron chi connectivity index (χ2n) is 5.56. The van der Waals surface area contributed by atoms with Gasteiger partial charge in [0.15, 0.2) is 5.69 Å². The van der Waals surface area contributed by atoms with Gasteiger partial charge in [-0.3, -0.25) is 9.36 Å². The summed E-state index contributed by atoms with van der Waals surface area (Å²) in [5, 5.41) is 11.5. The van der Waals surface area contributed by atoms with Gasteiger partial charge in [-0.05, 0) is 42.2 Å². The molecule has 0 spiro atoms. The van der Waals surface area contributed by atoms with Crippen molar-refractivity contribution in [3.05, 3.63) is 75.1 Å². The van der Waals surface area contributed by atoms with Gasteiger partial charge in [0.05, 0.1) is 5.88 Å². The fourth-order valence-electron chi connectivity index (χ4n) is 2.27. The van der Waals surface area contributed by atoms with Gasteiger partial charge in [0.25, 0.3) is 5.56 Å². The number of benzene rings is 2. The number of aromatic nitrogens is 3. The average molecular weight is 447 g/mol. The largest absolute Gasteiger partial charge is 0.487 e. The zero-order valence-corrected chi connectivity index (χ0v) is 17.2. The van der Waals surface area contributed by atoms with Crippen molar-refractivity contribution < 1.29 is 4.74 Å². The first-order chi connectivity index (χ1) is 13.2. The van der Waals surface area contributed by atoms with Crippen LogP contribution >= 0.6 is 27.7 Å². The number of anilines is 2. The summed E-state index contributed by atoms with van der Waals surface area (Å²) in [6.45, 7) is 2.12. The smallest absolute Gasteiger partial charge is 0.281 e. The highest BCUT2D eigenvalue weighted by atomic mass is 79.9. The van der Waals surface area contributed by atoms with Crippen LogP contribution < -0.4 is 15.6 Å². The van der Waals surface area contributed by atoms with Crippen molar-refractivity contribution in [3.63, 3.8) is 0 Å². The fraction of sp³-hybridized carbons (Fsp3) is 0.211. The number of halogens is 1. The predicted octanol–water partition coefficient (Wildman–Crippen LogP) is 4.43. The molecule has 3 rings (SSSR count). The lowest BCUT2D eigenvalue weighted by atomic mass is 10.3. The first kappa shape index (κ1) is 19.4. The van der Waals surface area contributed by atoms with Crippen LogP contribution in [0.3, 0.4) is 0 Å². The Morgan fingerprint density at radius 1 is 1.11 bits per heavy atom. The number of nitrogens with one attached hydrogen (secondary N) is 1. The van der Waals surface area contributed by atoms with E-state index in [1.807, 2.05) is 61.5 Å². The molecular weight excluding hydrogens is 428 g/mol. The van der Waals surface area contributed by atoms with E-state index in [0.29, 0.717) is 17.6 Å². The van der Waals surface area contributed by atoms with E-state index in [1.54, 1.807) is 16.3 Å². The molecule has 8 heteroatoms. The summed E-state index contributed by atoms with van der Waals surface area (Å²) in [4.78, 5) is 12.9. The fourth-order valence-corrected chi connectivity index (χ4v) is 3.14. The van der Waals surface area contributed by atoms with Gasteiger partial charge in [-0.1, -0.05) is 41.1 Å². The van der Waals surface area contributed by atoms with Crippen LogP contribution in [0.25, 0.3) is 0 Å². The van der Waals surface area contributed by atoms with Gasteiger partial charge >= 0.3 is 0 Å². The molecule has 6 nitrogen and oxygen atoms in total. The summed E-state index contributed by atoms with van der Waals surface area (Å²) < 4.78 is 8.22. The Bertz CT molecular complexity index is 933. The van der Waals surface area contributed by atoms with Crippen molar-refractivity contribution >= 4 is 39.3 Å². The normalized spacial score (nSPS) is 10.6. The number of hydrogen-bond acceptors (Lipinski definition) is 6. The number of ether oxygens (including phenoxy) is 1. The van der Waals surface area contributed by atoms with Crippen molar-refractivity contribution in [1.82, 2.24) is 14.8 Å². The number of nitrogens with zero attached hydrogens (tertiary/aromatic N) is 3. The SMILES string of the molecule is CCSCn1c(Nc2ccc(Br)cc2)nnc(COc2ccccc2)c1=O. The zero-order valence-electron chi connectivity index (χ0n) is 14.8. The van der Waals surface area contributed by atoms with Gasteiger partial charge in [-0.25, -0.2) is 0 Å². The van der Waals surface area contributed by atoms with Gasteiger partial charge < -0.3 is 10.1 Å². The Balaban J connectivity index is 1.84. The second kappa shape index (κ2) is 9.57. The molecule has 2 aromatic carbocycles. The third kappa shape index (κ3) is 5.33. The molecule has 0 saturated heterocycles. The topological polar surface area (TPSA) is 69.0 Å². The van der Waals surface area contributed by atoms with E-state index in [9.17, 15) is 4.79 Å². The quantitative estimate of drug-likeness (QED) is 0.551. The van der Waals surface area contributed by atoms with Crippen LogP contribution in [-0.4, -0.2) is 20.5 Å². The molecule has 27 heavy (non-hydrogen) atoms. The standard InChI is InChI=1S/C19H19BrN4O2S/c1-2-27-13-24-18(25)17(12-26-16-6-4-3-5-7-16)22-23-19(24)21-15-10-8-14(20)9-11-15/h3-11H,2,12-13H2,1H3,(H,21,23). The van der Waals surface area contributed by atoms with Gasteiger partial charge in [-0.2, -0.15) is 0 Å². The Morgan fingerprint density at radius 3 is 2.56 bits per heavy atom. The minimum atomic E-state index is -0.207. The maximum absolute atomic E-state index is 12.9. The number of thioether (sulfide) groups is 1. The second-order valence-corrected chi connectivity index (χ2v) is 7.72. The molecule has 0 radical (unpaired) electrons. The monoisotopic (exact) mass is 446 g/mol. The predicted molar refractivity (Wildman–Crippen MR) is 113 cm³/mol. The van der Waals surface area contributed by atoms with E-state index in [1.165, 1.54) is 0 Å². The first-order valence-electron chi connectivity index (χ1n) is 8.42. The molecule has 0 bridgehead atoms. The minimum Gasteiger partial charge on any atom is -0.487 e. The van der Waals surface area contributed by atoms with Gasteiger partial charge in [0, 0.05) is 10.2 Å². The van der Waals surface area contributed by atoms with Crippen LogP contribution in [0, 0.1) is 0 Å². The number of para-hydroxylation sites is 1. The van der Waals surface area contributed by atoms with Crippen molar-refractivity contribution in [2.75, 3.05) is 11.1 Å². The molecule has 140 valence electrons. The zero-order chi connectivity index (χ0) is 19.1. The molecule has 0 aliphatic heterocycles. The van der Waals surface area contributed by atoms with Crippen molar-refractivity contribution in [3.8, 4) is 5.75 Å². The summed E-state index contributed by atoms with van der Waals surface area (Å²) in [5.74, 6) is 2.47. The van der Waals surface area contributed by atoms with Crippen LogP contribution in [0.5, 0.6) is 5.75 Å². The molecule has 0 atom stereocenters. The average Bonchev–Trinajstić information content (AvgIpc) is 2.69. The third-order valence-electron chi connectivity index (χ3n) is 3.66. The van der Waals surface area contributed by atoms with Crippen LogP contribution in [0.15, 0.2) is 63.9 Å². The Hall–Kier alpha value is -2.32. The van der Waals surface area contributed by atoms with E-state index in [4.69, 9.17) is 4.74 Å². The molecule has 0 amide bonds. The lowest BCUT2D eigenvalue weighted by Crippen LogP contribution is -2.29. The highest BCUT2D eigenvalue weighted by Crippen LogP contribution is 2.18. The summed E-state index contributed by atoms with van der Waals surface area (Å²) in [6.07, 6.45) is 0. The molecule has 0 aliphatic carbocycles. The van der Waals surface area contributed by atoms with Crippen LogP contribution in [0.1, 0.15) is 12.6 Å². The van der Waals surface area contributed by atoms with Crippen LogP contribution in [-0.2, 0) is 12.5 Å². The number of rotatable bonds is 8. The van der Waals surface area contributed by atoms with E-state index in [0.717, 1.165) is 15.9 Å². The third-order valence-corrected chi connectivity index (χ3v) is 5.03. The molecule has 1 aromatic heterocycles. The highest BCUT2D eigenvalue weighted by Gasteiger charge is 2.13. The Labute approximate surface area is 170 Å². The van der Waals surface area contributed by atoms with Crippen molar-refractivity contribution in [2.24, 2.45) is 0 Å².